The van der Waals surface area contributed by atoms with Crippen molar-refractivity contribution in [3.8, 4) is 11.3 Å². The molecule has 0 radical (unpaired) electrons. The molecule has 0 N–H and O–H groups in total. The van der Waals surface area contributed by atoms with E-state index in [9.17, 15) is 0 Å². The minimum Gasteiger partial charge on any atom is -0.288 e. The number of aromatic nitrogens is 2. The molecule has 0 bridgehead atoms. The molecule has 0 unspecified atom stereocenters. The minimum atomic E-state index is 0.263. The lowest BCUT2D eigenvalue weighted by atomic mass is 9.93. The fourth-order valence-electron chi connectivity index (χ4n) is 4.22. The highest BCUT2D eigenvalue weighted by atomic mass is 35.5. The summed E-state index contributed by atoms with van der Waals surface area (Å²) in [6.45, 7) is 1.92. The smallest absolute Gasteiger partial charge is 0.0780 e. The second-order valence-electron chi connectivity index (χ2n) is 7.50. The van der Waals surface area contributed by atoms with E-state index in [4.69, 9.17) is 11.6 Å². The predicted molar refractivity (Wildman–Crippen MR) is 118 cm³/mol. The lowest BCUT2D eigenvalue weighted by molar-refractivity contribution is 0.0692. The van der Waals surface area contributed by atoms with Crippen molar-refractivity contribution in [3.05, 3.63) is 113 Å². The van der Waals surface area contributed by atoms with Gasteiger partial charge in [-0.05, 0) is 29.3 Å². The molecule has 1 fully saturated rings. The van der Waals surface area contributed by atoms with E-state index >= 15 is 0 Å². The predicted octanol–water partition coefficient (Wildman–Crippen LogP) is 5.85. The number of nitrogens with zero attached hydrogens (tertiary/aromatic N) is 3. The number of rotatable bonds is 5. The third-order valence-corrected chi connectivity index (χ3v) is 5.86. The maximum atomic E-state index is 6.20. The van der Waals surface area contributed by atoms with Crippen LogP contribution in [-0.4, -0.2) is 27.8 Å². The van der Waals surface area contributed by atoms with Gasteiger partial charge in [-0.1, -0.05) is 84.4 Å². The summed E-state index contributed by atoms with van der Waals surface area (Å²) < 4.78 is 2.15. The summed E-state index contributed by atoms with van der Waals surface area (Å²) in [6, 6.07) is 32.2. The monoisotopic (exact) mass is 399 g/mol. The molecule has 3 aromatic carbocycles. The average Bonchev–Trinajstić information content (AvgIpc) is 3.21. The summed E-state index contributed by atoms with van der Waals surface area (Å²) in [6.07, 6.45) is 1.88. The number of likely N-dealkylation sites (tertiary alicyclic amines) is 1. The van der Waals surface area contributed by atoms with Gasteiger partial charge in [0.2, 0.25) is 0 Å². The Morgan fingerprint density at radius 3 is 2.07 bits per heavy atom. The molecule has 1 saturated heterocycles. The quantitative estimate of drug-likeness (QED) is 0.419. The van der Waals surface area contributed by atoms with Crippen molar-refractivity contribution >= 4 is 11.6 Å². The van der Waals surface area contributed by atoms with Crippen LogP contribution in [0, 0.1) is 0 Å². The van der Waals surface area contributed by atoms with Gasteiger partial charge in [-0.25, -0.2) is 0 Å². The van der Waals surface area contributed by atoms with Gasteiger partial charge in [0.25, 0.3) is 0 Å². The zero-order valence-corrected chi connectivity index (χ0v) is 16.8. The molecule has 1 aromatic heterocycles. The van der Waals surface area contributed by atoms with E-state index in [1.54, 1.807) is 0 Å². The Labute approximate surface area is 176 Å². The SMILES string of the molecule is Clc1cccc(-c2ccnn2C2CN(C(c3ccccc3)c3ccccc3)C2)c1. The van der Waals surface area contributed by atoms with Gasteiger partial charge in [-0.3, -0.25) is 9.58 Å². The zero-order valence-electron chi connectivity index (χ0n) is 16.0. The molecule has 2 heterocycles. The molecule has 1 aliphatic heterocycles. The van der Waals surface area contributed by atoms with Gasteiger partial charge in [0.15, 0.2) is 0 Å². The van der Waals surface area contributed by atoms with Gasteiger partial charge < -0.3 is 0 Å². The van der Waals surface area contributed by atoms with Gasteiger partial charge in [0.1, 0.15) is 0 Å². The summed E-state index contributed by atoms with van der Waals surface area (Å²) in [7, 11) is 0. The molecule has 144 valence electrons. The van der Waals surface area contributed by atoms with E-state index < -0.39 is 0 Å². The van der Waals surface area contributed by atoms with Crippen LogP contribution in [0.1, 0.15) is 23.2 Å². The van der Waals surface area contributed by atoms with Crippen LogP contribution in [0.3, 0.4) is 0 Å². The van der Waals surface area contributed by atoms with E-state index in [1.165, 1.54) is 11.1 Å². The molecule has 29 heavy (non-hydrogen) atoms. The van der Waals surface area contributed by atoms with Crippen molar-refractivity contribution < 1.29 is 0 Å². The molecular weight excluding hydrogens is 378 g/mol. The fourth-order valence-corrected chi connectivity index (χ4v) is 4.41. The minimum absolute atomic E-state index is 0.263. The maximum absolute atomic E-state index is 6.20. The number of hydrogen-bond acceptors (Lipinski definition) is 2. The van der Waals surface area contributed by atoms with E-state index in [0.29, 0.717) is 6.04 Å². The van der Waals surface area contributed by atoms with E-state index in [2.05, 4.69) is 87.5 Å². The Morgan fingerprint density at radius 2 is 1.45 bits per heavy atom. The van der Waals surface area contributed by atoms with Crippen molar-refractivity contribution in [2.24, 2.45) is 0 Å². The van der Waals surface area contributed by atoms with Gasteiger partial charge in [0, 0.05) is 29.9 Å². The lowest BCUT2D eigenvalue weighted by Gasteiger charge is -2.45. The molecular formula is C25H22ClN3. The standard InChI is InChI=1S/C25H22ClN3/c26-22-13-7-12-21(16-22)24-14-15-27-29(24)23-17-28(18-23)25(19-8-3-1-4-9-19)20-10-5-2-6-11-20/h1-16,23,25H,17-18H2. The second kappa shape index (κ2) is 7.86. The molecule has 0 saturated carbocycles. The third-order valence-electron chi connectivity index (χ3n) is 5.62. The summed E-state index contributed by atoms with van der Waals surface area (Å²) in [4.78, 5) is 2.53. The van der Waals surface area contributed by atoms with Crippen LogP contribution in [0.4, 0.5) is 0 Å². The highest BCUT2D eigenvalue weighted by Crippen LogP contribution is 2.37. The van der Waals surface area contributed by atoms with Crippen LogP contribution < -0.4 is 0 Å². The van der Waals surface area contributed by atoms with Crippen molar-refractivity contribution in [2.75, 3.05) is 13.1 Å². The van der Waals surface area contributed by atoms with Crippen LogP contribution >= 0.6 is 11.6 Å². The van der Waals surface area contributed by atoms with Gasteiger partial charge in [-0.15, -0.1) is 0 Å². The molecule has 3 nitrogen and oxygen atoms in total. The molecule has 0 amide bonds. The molecule has 0 atom stereocenters. The topological polar surface area (TPSA) is 21.1 Å². The molecule has 0 aliphatic carbocycles. The Bertz CT molecular complexity index is 1050. The largest absolute Gasteiger partial charge is 0.288 e. The highest BCUT2D eigenvalue weighted by molar-refractivity contribution is 6.30. The van der Waals surface area contributed by atoms with Crippen LogP contribution in [-0.2, 0) is 0 Å². The first kappa shape index (κ1) is 18.2. The first-order valence-corrected chi connectivity index (χ1v) is 10.3. The maximum Gasteiger partial charge on any atom is 0.0780 e. The lowest BCUT2D eigenvalue weighted by Crippen LogP contribution is -2.50. The van der Waals surface area contributed by atoms with Crippen molar-refractivity contribution in [1.82, 2.24) is 14.7 Å². The van der Waals surface area contributed by atoms with Gasteiger partial charge in [-0.2, -0.15) is 5.10 Å². The Balaban J connectivity index is 1.40. The van der Waals surface area contributed by atoms with Crippen LogP contribution in [0.15, 0.2) is 97.2 Å². The molecule has 5 rings (SSSR count). The second-order valence-corrected chi connectivity index (χ2v) is 7.94. The van der Waals surface area contributed by atoms with Gasteiger partial charge in [0.05, 0.1) is 17.8 Å². The Hall–Kier alpha value is -2.88. The van der Waals surface area contributed by atoms with Crippen molar-refractivity contribution in [2.45, 2.75) is 12.1 Å². The summed E-state index contributed by atoms with van der Waals surface area (Å²) in [5.41, 5.74) is 4.88. The van der Waals surface area contributed by atoms with Crippen LogP contribution in [0.5, 0.6) is 0 Å². The van der Waals surface area contributed by atoms with E-state index in [1.807, 2.05) is 24.4 Å². The Kier molecular flexibility index (Phi) is 4.92. The molecule has 1 aliphatic rings. The summed E-state index contributed by atoms with van der Waals surface area (Å²) in [5.74, 6) is 0. The zero-order chi connectivity index (χ0) is 19.6. The summed E-state index contributed by atoms with van der Waals surface area (Å²) in [5, 5.41) is 5.38. The first-order chi connectivity index (χ1) is 14.3. The summed E-state index contributed by atoms with van der Waals surface area (Å²) >= 11 is 6.20. The average molecular weight is 400 g/mol. The normalized spacial score (nSPS) is 14.8. The third kappa shape index (κ3) is 3.59. The molecule has 4 heteroatoms. The van der Waals surface area contributed by atoms with Gasteiger partial charge >= 0.3 is 0 Å². The highest BCUT2D eigenvalue weighted by Gasteiger charge is 2.36. The van der Waals surface area contributed by atoms with Crippen LogP contribution in [0.2, 0.25) is 5.02 Å². The Morgan fingerprint density at radius 1 is 0.793 bits per heavy atom. The molecule has 0 spiro atoms. The fraction of sp³-hybridized carbons (Fsp3) is 0.160. The van der Waals surface area contributed by atoms with E-state index in [-0.39, 0.29) is 6.04 Å². The van der Waals surface area contributed by atoms with Crippen molar-refractivity contribution in [1.29, 1.82) is 0 Å². The first-order valence-electron chi connectivity index (χ1n) is 9.93. The van der Waals surface area contributed by atoms with Crippen LogP contribution in [0.25, 0.3) is 11.3 Å². The van der Waals surface area contributed by atoms with Crippen molar-refractivity contribution in [3.63, 3.8) is 0 Å². The number of benzene rings is 3. The molecule has 4 aromatic rings. The number of hydrogen-bond donors (Lipinski definition) is 0. The number of halogens is 1. The van der Waals surface area contributed by atoms with E-state index in [0.717, 1.165) is 29.4 Å².